The average molecular weight is 391 g/mol. The number of amides is 1. The van der Waals surface area contributed by atoms with Crippen LogP contribution >= 0.6 is 0 Å². The number of rotatable bonds is 3. The Morgan fingerprint density at radius 1 is 0.897 bits per heavy atom. The first-order valence-electron chi connectivity index (χ1n) is 9.41. The van der Waals surface area contributed by atoms with E-state index in [2.05, 4.69) is 11.4 Å². The summed E-state index contributed by atoms with van der Waals surface area (Å²) in [5.74, 6) is -0.634. The molecule has 0 saturated carbocycles. The van der Waals surface area contributed by atoms with E-state index in [1.165, 1.54) is 7.11 Å². The molecule has 0 aromatic heterocycles. The third-order valence-electron chi connectivity index (χ3n) is 4.56. The summed E-state index contributed by atoms with van der Waals surface area (Å²) in [6, 6.07) is 18.1. The van der Waals surface area contributed by atoms with Crippen molar-refractivity contribution in [3.63, 3.8) is 0 Å². The number of allylic oxidation sites excluding steroid dienone is 1. The van der Waals surface area contributed by atoms with Crippen LogP contribution in [-0.2, 0) is 14.3 Å². The van der Waals surface area contributed by atoms with E-state index < -0.39 is 17.7 Å². The lowest BCUT2D eigenvalue weighted by molar-refractivity contribution is -0.136. The highest BCUT2D eigenvalue weighted by atomic mass is 16.6. The Balaban J connectivity index is 2.21. The van der Waals surface area contributed by atoms with Gasteiger partial charge >= 0.3 is 12.1 Å². The van der Waals surface area contributed by atoms with Crippen molar-refractivity contribution in [3.05, 3.63) is 65.9 Å². The van der Waals surface area contributed by atoms with E-state index in [0.29, 0.717) is 5.57 Å². The lowest BCUT2D eigenvalue weighted by Crippen LogP contribution is -2.35. The molecule has 0 spiro atoms. The second-order valence-electron chi connectivity index (χ2n) is 7.81. The molecule has 5 nitrogen and oxygen atoms in total. The van der Waals surface area contributed by atoms with E-state index in [9.17, 15) is 9.59 Å². The zero-order valence-corrected chi connectivity index (χ0v) is 17.3. The molecule has 3 aromatic carbocycles. The zero-order chi connectivity index (χ0) is 21.2. The Hall–Kier alpha value is -3.34. The van der Waals surface area contributed by atoms with Gasteiger partial charge in [0.15, 0.2) is 0 Å². The molecule has 0 aliphatic carbocycles. The first kappa shape index (κ1) is 20.4. The van der Waals surface area contributed by atoms with Gasteiger partial charge in [-0.1, -0.05) is 48.5 Å². The summed E-state index contributed by atoms with van der Waals surface area (Å²) in [6.45, 7) is 7.08. The topological polar surface area (TPSA) is 64.6 Å². The van der Waals surface area contributed by atoms with Crippen molar-refractivity contribution in [2.75, 3.05) is 7.11 Å². The van der Waals surface area contributed by atoms with Crippen molar-refractivity contribution in [2.45, 2.75) is 33.3 Å². The minimum absolute atomic E-state index is 0.0576. The van der Waals surface area contributed by atoms with Gasteiger partial charge in [0.25, 0.3) is 0 Å². The summed E-state index contributed by atoms with van der Waals surface area (Å²) in [4.78, 5) is 24.8. The summed E-state index contributed by atoms with van der Waals surface area (Å²) in [6.07, 6.45) is -0.706. The number of alkyl carbamates (subject to hydrolysis) is 1. The number of carbonyl (C=O) groups excluding carboxylic acids is 2. The van der Waals surface area contributed by atoms with Crippen molar-refractivity contribution in [2.24, 2.45) is 0 Å². The molecule has 0 aliphatic heterocycles. The highest BCUT2D eigenvalue weighted by Crippen LogP contribution is 2.33. The number of fused-ring (bicyclic) bond motifs is 3. The monoisotopic (exact) mass is 391 g/mol. The lowest BCUT2D eigenvalue weighted by atomic mass is 9.93. The van der Waals surface area contributed by atoms with E-state index in [1.807, 2.05) is 48.5 Å². The predicted octanol–water partition coefficient (Wildman–Crippen LogP) is 5.42. The highest BCUT2D eigenvalue weighted by molar-refractivity contribution is 6.13. The number of benzene rings is 3. The van der Waals surface area contributed by atoms with Crippen molar-refractivity contribution < 1.29 is 19.1 Å². The maximum atomic E-state index is 12.5. The van der Waals surface area contributed by atoms with Crippen LogP contribution in [0.5, 0.6) is 0 Å². The van der Waals surface area contributed by atoms with Crippen LogP contribution < -0.4 is 5.32 Å². The van der Waals surface area contributed by atoms with Crippen molar-refractivity contribution in [1.29, 1.82) is 0 Å². The van der Waals surface area contributed by atoms with Crippen LogP contribution in [0.15, 0.2) is 60.3 Å². The van der Waals surface area contributed by atoms with Crippen LogP contribution in [0.2, 0.25) is 0 Å². The Bertz CT molecular complexity index is 1120. The Kier molecular flexibility index (Phi) is 5.59. The van der Waals surface area contributed by atoms with Crippen LogP contribution in [-0.4, -0.2) is 24.8 Å². The Labute approximate surface area is 170 Å². The fourth-order valence-corrected chi connectivity index (χ4v) is 3.30. The van der Waals surface area contributed by atoms with E-state index in [0.717, 1.165) is 27.1 Å². The normalized spacial score (nSPS) is 12.4. The second kappa shape index (κ2) is 7.95. The molecule has 0 radical (unpaired) electrons. The summed E-state index contributed by atoms with van der Waals surface area (Å²) < 4.78 is 10.2. The predicted molar refractivity (Wildman–Crippen MR) is 115 cm³/mol. The maximum Gasteiger partial charge on any atom is 0.412 e. The van der Waals surface area contributed by atoms with Gasteiger partial charge in [0, 0.05) is 0 Å². The Morgan fingerprint density at radius 3 is 2.10 bits per heavy atom. The Morgan fingerprint density at radius 2 is 1.48 bits per heavy atom. The van der Waals surface area contributed by atoms with Gasteiger partial charge in [-0.05, 0) is 66.4 Å². The second-order valence-corrected chi connectivity index (χ2v) is 7.81. The number of carbonyl (C=O) groups is 2. The number of hydrogen-bond acceptors (Lipinski definition) is 4. The molecule has 0 aliphatic rings. The molecule has 0 saturated heterocycles. The molecule has 29 heavy (non-hydrogen) atoms. The van der Waals surface area contributed by atoms with Gasteiger partial charge in [-0.25, -0.2) is 9.59 Å². The van der Waals surface area contributed by atoms with Gasteiger partial charge < -0.3 is 9.47 Å². The van der Waals surface area contributed by atoms with E-state index >= 15 is 0 Å². The average Bonchev–Trinajstić information content (AvgIpc) is 2.69. The van der Waals surface area contributed by atoms with Crippen LogP contribution in [0.25, 0.3) is 27.1 Å². The van der Waals surface area contributed by atoms with Crippen LogP contribution in [0.3, 0.4) is 0 Å². The van der Waals surface area contributed by atoms with Gasteiger partial charge in [0.2, 0.25) is 0 Å². The molecule has 0 unspecified atom stereocenters. The minimum Gasteiger partial charge on any atom is -0.464 e. The molecule has 0 atom stereocenters. The van der Waals surface area contributed by atoms with Crippen LogP contribution in [0.1, 0.15) is 33.3 Å². The number of esters is 1. The molecule has 5 heteroatoms. The van der Waals surface area contributed by atoms with E-state index in [-0.39, 0.29) is 5.70 Å². The maximum absolute atomic E-state index is 12.5. The van der Waals surface area contributed by atoms with Gasteiger partial charge in [-0.3, -0.25) is 5.32 Å². The summed E-state index contributed by atoms with van der Waals surface area (Å²) in [5.41, 5.74) is 0.817. The standard InChI is InChI=1S/C24H25NO4/c1-15(21(22(26)28-5)25-23(27)29-24(2,3)4)20-14-16-10-6-7-11-17(16)18-12-8-9-13-19(18)20/h6-14H,1-5H3,(H,25,27)/b21-15-. The molecule has 1 amide bonds. The van der Waals surface area contributed by atoms with Crippen LogP contribution in [0, 0.1) is 0 Å². The zero-order valence-electron chi connectivity index (χ0n) is 17.3. The van der Waals surface area contributed by atoms with Gasteiger partial charge in [0.1, 0.15) is 11.3 Å². The largest absolute Gasteiger partial charge is 0.464 e. The van der Waals surface area contributed by atoms with Crippen molar-refractivity contribution in [3.8, 4) is 0 Å². The first-order chi connectivity index (χ1) is 13.7. The molecule has 3 aromatic rings. The summed E-state index contributed by atoms with van der Waals surface area (Å²) >= 11 is 0. The number of nitrogens with one attached hydrogen (secondary N) is 1. The van der Waals surface area contributed by atoms with Gasteiger partial charge in [-0.15, -0.1) is 0 Å². The summed E-state index contributed by atoms with van der Waals surface area (Å²) in [5, 5.41) is 6.80. The molecule has 1 N–H and O–H groups in total. The van der Waals surface area contributed by atoms with E-state index in [1.54, 1.807) is 27.7 Å². The molecular weight excluding hydrogens is 366 g/mol. The number of ether oxygens (including phenoxy) is 2. The molecule has 0 bridgehead atoms. The van der Waals surface area contributed by atoms with Crippen LogP contribution in [0.4, 0.5) is 4.79 Å². The van der Waals surface area contributed by atoms with E-state index in [4.69, 9.17) is 9.47 Å². The molecule has 0 fully saturated rings. The van der Waals surface area contributed by atoms with Crippen molar-refractivity contribution >= 4 is 39.2 Å². The van der Waals surface area contributed by atoms with Gasteiger partial charge in [-0.2, -0.15) is 0 Å². The quantitative estimate of drug-likeness (QED) is 0.368. The smallest absolute Gasteiger partial charge is 0.412 e. The molecular formula is C24H25NO4. The third kappa shape index (κ3) is 4.40. The summed E-state index contributed by atoms with van der Waals surface area (Å²) in [7, 11) is 1.28. The highest BCUT2D eigenvalue weighted by Gasteiger charge is 2.23. The lowest BCUT2D eigenvalue weighted by Gasteiger charge is -2.21. The molecule has 0 heterocycles. The molecule has 150 valence electrons. The van der Waals surface area contributed by atoms with Gasteiger partial charge in [0.05, 0.1) is 7.11 Å². The third-order valence-corrected chi connectivity index (χ3v) is 4.56. The van der Waals surface area contributed by atoms with Crippen molar-refractivity contribution in [1.82, 2.24) is 5.32 Å². The molecule has 3 rings (SSSR count). The SMILES string of the molecule is COC(=O)/C(NC(=O)OC(C)(C)C)=C(\C)c1cc2ccccc2c2ccccc12. The number of methoxy groups -OCH3 is 1. The first-order valence-corrected chi connectivity index (χ1v) is 9.41. The number of hydrogen-bond donors (Lipinski definition) is 1. The minimum atomic E-state index is -0.706. The fourth-order valence-electron chi connectivity index (χ4n) is 3.30. The fraction of sp³-hybridized carbons (Fsp3) is 0.250.